The molecule has 9 nitrogen and oxygen atoms in total. The van der Waals surface area contributed by atoms with Gasteiger partial charge in [0.1, 0.15) is 0 Å². The van der Waals surface area contributed by atoms with E-state index in [4.69, 9.17) is 9.47 Å². The molecule has 1 aromatic heterocycles. The molecule has 0 atom stereocenters. The van der Waals surface area contributed by atoms with E-state index >= 15 is 0 Å². The Morgan fingerprint density at radius 3 is 2.81 bits per heavy atom. The Hall–Kier alpha value is -2.91. The van der Waals surface area contributed by atoms with Crippen LogP contribution < -0.4 is 10.6 Å². The quantitative estimate of drug-likeness (QED) is 0.733. The van der Waals surface area contributed by atoms with Crippen molar-refractivity contribution in [2.75, 3.05) is 44.8 Å². The third-order valence-corrected chi connectivity index (χ3v) is 5.60. The minimum absolute atomic E-state index is 0.0784. The SMILES string of the molecule is CCc1cccc(NC(=O)NCCn2nc(C(=O)N3CCOCC3)c3c2CCOC3)c1. The second kappa shape index (κ2) is 9.93. The van der Waals surface area contributed by atoms with E-state index in [-0.39, 0.29) is 11.9 Å². The number of aromatic nitrogens is 2. The van der Waals surface area contributed by atoms with Gasteiger partial charge in [-0.25, -0.2) is 4.79 Å². The van der Waals surface area contributed by atoms with Crippen LogP contribution in [-0.2, 0) is 35.5 Å². The number of hydrogen-bond donors (Lipinski definition) is 2. The van der Waals surface area contributed by atoms with Crippen LogP contribution in [0.15, 0.2) is 24.3 Å². The van der Waals surface area contributed by atoms with E-state index in [1.54, 1.807) is 4.90 Å². The van der Waals surface area contributed by atoms with Crippen LogP contribution in [0.5, 0.6) is 0 Å². The molecule has 0 unspecified atom stereocenters. The van der Waals surface area contributed by atoms with Crippen LogP contribution in [0.3, 0.4) is 0 Å². The lowest BCUT2D eigenvalue weighted by Crippen LogP contribution is -2.41. The Morgan fingerprint density at radius 1 is 1.16 bits per heavy atom. The maximum atomic E-state index is 13.0. The molecule has 0 spiro atoms. The van der Waals surface area contributed by atoms with Gasteiger partial charge in [0.2, 0.25) is 0 Å². The topological polar surface area (TPSA) is 97.7 Å². The van der Waals surface area contributed by atoms with Crippen molar-refractivity contribution >= 4 is 17.6 Å². The zero-order chi connectivity index (χ0) is 21.6. The van der Waals surface area contributed by atoms with Gasteiger partial charge in [0.15, 0.2) is 5.69 Å². The van der Waals surface area contributed by atoms with Crippen molar-refractivity contribution in [1.82, 2.24) is 20.0 Å². The summed E-state index contributed by atoms with van der Waals surface area (Å²) in [6, 6.07) is 7.53. The molecule has 2 aliphatic rings. The van der Waals surface area contributed by atoms with Crippen molar-refractivity contribution in [3.05, 3.63) is 46.8 Å². The number of ether oxygens (including phenoxy) is 2. The number of carbonyl (C=O) groups is 2. The van der Waals surface area contributed by atoms with E-state index in [1.165, 1.54) is 5.56 Å². The van der Waals surface area contributed by atoms with Gasteiger partial charge in [-0.05, 0) is 24.1 Å². The minimum Gasteiger partial charge on any atom is -0.378 e. The summed E-state index contributed by atoms with van der Waals surface area (Å²) in [5.74, 6) is -0.0784. The molecule has 1 aromatic carbocycles. The van der Waals surface area contributed by atoms with Crippen LogP contribution in [0.4, 0.5) is 10.5 Å². The van der Waals surface area contributed by atoms with Gasteiger partial charge in [0, 0.05) is 43.0 Å². The third-order valence-electron chi connectivity index (χ3n) is 5.60. The smallest absolute Gasteiger partial charge is 0.319 e. The number of anilines is 1. The van der Waals surface area contributed by atoms with Crippen molar-refractivity contribution in [3.8, 4) is 0 Å². The lowest BCUT2D eigenvalue weighted by atomic mass is 10.1. The van der Waals surface area contributed by atoms with Crippen LogP contribution in [0.25, 0.3) is 0 Å². The molecule has 0 saturated carbocycles. The van der Waals surface area contributed by atoms with Crippen molar-refractivity contribution in [3.63, 3.8) is 0 Å². The Labute approximate surface area is 181 Å². The highest BCUT2D eigenvalue weighted by atomic mass is 16.5. The number of nitrogens with zero attached hydrogens (tertiary/aromatic N) is 3. The van der Waals surface area contributed by atoms with Crippen molar-refractivity contribution in [2.24, 2.45) is 0 Å². The Balaban J connectivity index is 1.38. The molecule has 1 saturated heterocycles. The highest BCUT2D eigenvalue weighted by molar-refractivity contribution is 5.94. The molecule has 0 bridgehead atoms. The van der Waals surface area contributed by atoms with Gasteiger partial charge in [-0.2, -0.15) is 5.10 Å². The first kappa shape index (κ1) is 21.3. The van der Waals surface area contributed by atoms with Crippen LogP contribution in [0, 0.1) is 0 Å². The number of carbonyl (C=O) groups excluding carboxylic acids is 2. The number of morpholine rings is 1. The Bertz CT molecular complexity index is 936. The molecular formula is C22H29N5O4. The molecule has 0 aliphatic carbocycles. The predicted octanol–water partition coefficient (Wildman–Crippen LogP) is 1.81. The third kappa shape index (κ3) is 5.05. The molecule has 31 heavy (non-hydrogen) atoms. The lowest BCUT2D eigenvalue weighted by molar-refractivity contribution is 0.0294. The summed E-state index contributed by atoms with van der Waals surface area (Å²) in [5.41, 5.74) is 4.27. The van der Waals surface area contributed by atoms with Crippen LogP contribution in [0.1, 0.15) is 34.2 Å². The van der Waals surface area contributed by atoms with E-state index < -0.39 is 0 Å². The van der Waals surface area contributed by atoms with Gasteiger partial charge in [-0.1, -0.05) is 19.1 Å². The average Bonchev–Trinajstić information content (AvgIpc) is 3.18. The molecule has 2 aliphatic heterocycles. The van der Waals surface area contributed by atoms with Crippen LogP contribution >= 0.6 is 0 Å². The summed E-state index contributed by atoms with van der Waals surface area (Å²) in [6.45, 7) is 6.20. The summed E-state index contributed by atoms with van der Waals surface area (Å²) >= 11 is 0. The van der Waals surface area contributed by atoms with Crippen molar-refractivity contribution < 1.29 is 19.1 Å². The number of nitrogens with one attached hydrogen (secondary N) is 2. The number of fused-ring (bicyclic) bond motifs is 1. The van der Waals surface area contributed by atoms with Crippen molar-refractivity contribution in [1.29, 1.82) is 0 Å². The molecule has 166 valence electrons. The second-order valence-corrected chi connectivity index (χ2v) is 7.64. The average molecular weight is 428 g/mol. The van der Waals surface area contributed by atoms with Gasteiger partial charge in [-0.3, -0.25) is 9.48 Å². The number of benzene rings is 1. The van der Waals surface area contributed by atoms with Gasteiger partial charge in [0.25, 0.3) is 5.91 Å². The summed E-state index contributed by atoms with van der Waals surface area (Å²) in [7, 11) is 0. The van der Waals surface area contributed by atoms with Gasteiger partial charge < -0.3 is 25.0 Å². The normalized spacial score (nSPS) is 16.0. The highest BCUT2D eigenvalue weighted by Crippen LogP contribution is 2.22. The van der Waals surface area contributed by atoms with Crippen LogP contribution in [0.2, 0.25) is 0 Å². The fourth-order valence-corrected chi connectivity index (χ4v) is 3.90. The molecule has 2 aromatic rings. The maximum absolute atomic E-state index is 13.0. The molecular weight excluding hydrogens is 398 g/mol. The molecule has 1 fully saturated rings. The van der Waals surface area contributed by atoms with Crippen LogP contribution in [-0.4, -0.2) is 66.1 Å². The summed E-state index contributed by atoms with van der Waals surface area (Å²) in [4.78, 5) is 27.0. The first-order chi connectivity index (χ1) is 15.2. The predicted molar refractivity (Wildman–Crippen MR) is 115 cm³/mol. The standard InChI is InChI=1S/C22H29N5O4/c1-2-16-4-3-5-17(14-16)24-22(29)23-7-8-27-19-6-11-31-15-18(19)20(25-27)21(28)26-9-12-30-13-10-26/h3-5,14H,2,6-13,15H2,1H3,(H2,23,24,29). The Kier molecular flexibility index (Phi) is 6.83. The fourth-order valence-electron chi connectivity index (χ4n) is 3.90. The summed E-state index contributed by atoms with van der Waals surface area (Å²) in [6.07, 6.45) is 1.62. The first-order valence-electron chi connectivity index (χ1n) is 10.8. The zero-order valence-electron chi connectivity index (χ0n) is 17.9. The second-order valence-electron chi connectivity index (χ2n) is 7.64. The molecule has 0 radical (unpaired) electrons. The van der Waals surface area contributed by atoms with E-state index in [9.17, 15) is 9.59 Å². The van der Waals surface area contributed by atoms with E-state index in [1.807, 2.05) is 28.9 Å². The molecule has 9 heteroatoms. The van der Waals surface area contributed by atoms with Crippen molar-refractivity contribution in [2.45, 2.75) is 32.9 Å². The van der Waals surface area contributed by atoms with E-state index in [2.05, 4.69) is 22.7 Å². The maximum Gasteiger partial charge on any atom is 0.319 e. The number of aryl methyl sites for hydroxylation is 1. The number of urea groups is 1. The van der Waals surface area contributed by atoms with E-state index in [0.717, 1.165) is 23.4 Å². The molecule has 4 rings (SSSR count). The highest BCUT2D eigenvalue weighted by Gasteiger charge is 2.29. The lowest BCUT2D eigenvalue weighted by Gasteiger charge is -2.26. The largest absolute Gasteiger partial charge is 0.378 e. The molecule has 3 heterocycles. The summed E-state index contributed by atoms with van der Waals surface area (Å²) in [5, 5.41) is 10.3. The monoisotopic (exact) mass is 427 g/mol. The Morgan fingerprint density at radius 2 is 2.00 bits per heavy atom. The van der Waals surface area contributed by atoms with E-state index in [0.29, 0.717) is 64.7 Å². The fraction of sp³-hybridized carbons (Fsp3) is 0.500. The molecule has 2 N–H and O–H groups in total. The number of amides is 3. The first-order valence-corrected chi connectivity index (χ1v) is 10.8. The molecule has 3 amide bonds. The summed E-state index contributed by atoms with van der Waals surface area (Å²) < 4.78 is 12.8. The van der Waals surface area contributed by atoms with Gasteiger partial charge >= 0.3 is 6.03 Å². The van der Waals surface area contributed by atoms with Gasteiger partial charge in [0.05, 0.1) is 33.0 Å². The van der Waals surface area contributed by atoms with Gasteiger partial charge in [-0.15, -0.1) is 0 Å². The minimum atomic E-state index is -0.262. The zero-order valence-corrected chi connectivity index (χ0v) is 17.9. The number of hydrogen-bond acceptors (Lipinski definition) is 5. The number of rotatable bonds is 6.